The molecule has 1 aromatic carbocycles. The third kappa shape index (κ3) is 5.40. The van der Waals surface area contributed by atoms with Crippen LogP contribution in [0.1, 0.15) is 30.6 Å². The van der Waals surface area contributed by atoms with Crippen molar-refractivity contribution in [3.8, 4) is 5.75 Å². The fourth-order valence-electron chi connectivity index (χ4n) is 4.10. The Labute approximate surface area is 181 Å². The number of hydrogen-bond acceptors (Lipinski definition) is 5. The highest BCUT2D eigenvalue weighted by atomic mass is 32.1. The topological polar surface area (TPSA) is 61.9 Å². The fraction of sp³-hybridized carbons (Fsp3) is 0.478. The molecule has 0 unspecified atom stereocenters. The minimum absolute atomic E-state index is 0.0252. The Hall–Kier alpha value is -2.38. The number of fused-ring (bicyclic) bond motifs is 1. The standard InChI is InChI=1S/C23H29N3O3S/c27-22(7-8-23(28)26-13-14-29-21-6-2-1-5-20(21)26)24-16-18-9-11-25(12-10-18)17-19-4-3-15-30-19/h1-6,15,18H,7-14,16-17H2,(H,24,27). The molecule has 6 nitrogen and oxygen atoms in total. The van der Waals surface area contributed by atoms with Gasteiger partial charge in [0.1, 0.15) is 12.4 Å². The maximum atomic E-state index is 12.6. The largest absolute Gasteiger partial charge is 0.490 e. The van der Waals surface area contributed by atoms with Crippen LogP contribution < -0.4 is 15.0 Å². The number of para-hydroxylation sites is 2. The van der Waals surface area contributed by atoms with Gasteiger partial charge in [0.05, 0.1) is 12.2 Å². The lowest BCUT2D eigenvalue weighted by molar-refractivity contribution is -0.125. The molecule has 2 aliphatic rings. The summed E-state index contributed by atoms with van der Waals surface area (Å²) in [6.45, 7) is 4.91. The number of hydrogen-bond donors (Lipinski definition) is 1. The van der Waals surface area contributed by atoms with Gasteiger partial charge < -0.3 is 15.0 Å². The molecule has 160 valence electrons. The van der Waals surface area contributed by atoms with Gasteiger partial charge in [0.25, 0.3) is 0 Å². The summed E-state index contributed by atoms with van der Waals surface area (Å²) in [5.41, 5.74) is 0.795. The molecule has 0 saturated carbocycles. The second-order valence-electron chi connectivity index (χ2n) is 7.96. The first kappa shape index (κ1) is 20.9. The van der Waals surface area contributed by atoms with Crippen molar-refractivity contribution < 1.29 is 14.3 Å². The minimum atomic E-state index is -0.0362. The van der Waals surface area contributed by atoms with Crippen LogP contribution in [0, 0.1) is 5.92 Å². The monoisotopic (exact) mass is 427 g/mol. The highest BCUT2D eigenvalue weighted by molar-refractivity contribution is 7.09. The van der Waals surface area contributed by atoms with Gasteiger partial charge in [-0.15, -0.1) is 11.3 Å². The number of likely N-dealkylation sites (tertiary alicyclic amines) is 1. The molecule has 1 aromatic heterocycles. The summed E-state index contributed by atoms with van der Waals surface area (Å²) in [5.74, 6) is 1.19. The first-order valence-corrected chi connectivity index (χ1v) is 11.6. The van der Waals surface area contributed by atoms with E-state index < -0.39 is 0 Å². The summed E-state index contributed by atoms with van der Waals surface area (Å²) >= 11 is 1.81. The molecule has 1 N–H and O–H groups in total. The molecular weight excluding hydrogens is 398 g/mol. The van der Waals surface area contributed by atoms with Gasteiger partial charge in [0, 0.05) is 30.8 Å². The SMILES string of the molecule is O=C(CCC(=O)N1CCOc2ccccc21)NCC1CCN(Cc2cccs2)CC1. The molecule has 2 amide bonds. The van der Waals surface area contributed by atoms with Crippen molar-refractivity contribution in [3.05, 3.63) is 46.7 Å². The first-order valence-electron chi connectivity index (χ1n) is 10.7. The van der Waals surface area contributed by atoms with Crippen LogP contribution >= 0.6 is 11.3 Å². The zero-order chi connectivity index (χ0) is 20.8. The summed E-state index contributed by atoms with van der Waals surface area (Å²) in [6.07, 6.45) is 2.67. The predicted molar refractivity (Wildman–Crippen MR) is 119 cm³/mol. The van der Waals surface area contributed by atoms with Crippen LogP contribution in [0.4, 0.5) is 5.69 Å². The van der Waals surface area contributed by atoms with E-state index in [0.29, 0.717) is 25.6 Å². The van der Waals surface area contributed by atoms with Crippen molar-refractivity contribution >= 4 is 28.8 Å². The van der Waals surface area contributed by atoms with Crippen molar-refractivity contribution in [2.24, 2.45) is 5.92 Å². The zero-order valence-electron chi connectivity index (χ0n) is 17.2. The number of piperidine rings is 1. The third-order valence-corrected chi connectivity index (χ3v) is 6.71. The van der Waals surface area contributed by atoms with E-state index in [2.05, 4.69) is 27.7 Å². The average molecular weight is 428 g/mol. The zero-order valence-corrected chi connectivity index (χ0v) is 18.0. The Kier molecular flexibility index (Phi) is 7.02. The van der Waals surface area contributed by atoms with E-state index in [-0.39, 0.29) is 24.7 Å². The van der Waals surface area contributed by atoms with Crippen LogP contribution in [-0.4, -0.2) is 49.5 Å². The molecule has 0 spiro atoms. The van der Waals surface area contributed by atoms with Crippen LogP contribution in [0.3, 0.4) is 0 Å². The number of carbonyl (C=O) groups is 2. The van der Waals surface area contributed by atoms with Crippen LogP contribution in [0.25, 0.3) is 0 Å². The summed E-state index contributed by atoms with van der Waals surface area (Å²) in [4.78, 5) is 30.5. The highest BCUT2D eigenvalue weighted by Crippen LogP contribution is 2.31. The summed E-state index contributed by atoms with van der Waals surface area (Å²) in [6, 6.07) is 11.8. The molecule has 1 saturated heterocycles. The van der Waals surface area contributed by atoms with Crippen molar-refractivity contribution in [2.75, 3.05) is 37.7 Å². The van der Waals surface area contributed by atoms with E-state index in [1.54, 1.807) is 4.90 Å². The molecule has 1 fully saturated rings. The van der Waals surface area contributed by atoms with Gasteiger partial charge in [0.2, 0.25) is 11.8 Å². The third-order valence-electron chi connectivity index (χ3n) is 5.85. The Morgan fingerprint density at radius 3 is 2.70 bits per heavy atom. The predicted octanol–water partition coefficient (Wildman–Crippen LogP) is 3.28. The van der Waals surface area contributed by atoms with Crippen molar-refractivity contribution in [2.45, 2.75) is 32.2 Å². The maximum Gasteiger partial charge on any atom is 0.227 e. The van der Waals surface area contributed by atoms with E-state index in [4.69, 9.17) is 4.74 Å². The minimum Gasteiger partial charge on any atom is -0.490 e. The van der Waals surface area contributed by atoms with Crippen LogP contribution in [-0.2, 0) is 16.1 Å². The van der Waals surface area contributed by atoms with Gasteiger partial charge >= 0.3 is 0 Å². The second-order valence-corrected chi connectivity index (χ2v) is 9.00. The molecule has 2 aromatic rings. The second kappa shape index (κ2) is 10.1. The van der Waals surface area contributed by atoms with Crippen LogP contribution in [0.2, 0.25) is 0 Å². The van der Waals surface area contributed by atoms with E-state index in [0.717, 1.165) is 43.9 Å². The molecule has 2 aliphatic heterocycles. The molecule has 0 aliphatic carbocycles. The summed E-state index contributed by atoms with van der Waals surface area (Å²) in [5, 5.41) is 5.16. The van der Waals surface area contributed by atoms with Gasteiger partial charge in [-0.05, 0) is 55.4 Å². The lowest BCUT2D eigenvalue weighted by atomic mass is 9.96. The Morgan fingerprint density at radius 2 is 1.90 bits per heavy atom. The molecule has 0 bridgehead atoms. The van der Waals surface area contributed by atoms with Crippen molar-refractivity contribution in [1.82, 2.24) is 10.2 Å². The van der Waals surface area contributed by atoms with E-state index in [1.807, 2.05) is 35.6 Å². The lowest BCUT2D eigenvalue weighted by Gasteiger charge is -2.31. The van der Waals surface area contributed by atoms with Gasteiger partial charge in [0.15, 0.2) is 0 Å². The summed E-state index contributed by atoms with van der Waals surface area (Å²) < 4.78 is 5.60. The van der Waals surface area contributed by atoms with Gasteiger partial charge in [-0.1, -0.05) is 18.2 Å². The Balaban J connectivity index is 1.15. The number of ether oxygens (including phenoxy) is 1. The molecule has 0 radical (unpaired) electrons. The number of benzene rings is 1. The molecule has 30 heavy (non-hydrogen) atoms. The number of nitrogens with one attached hydrogen (secondary N) is 1. The number of amides is 2. The Bertz CT molecular complexity index is 847. The number of carbonyl (C=O) groups excluding carboxylic acids is 2. The smallest absolute Gasteiger partial charge is 0.227 e. The fourth-order valence-corrected chi connectivity index (χ4v) is 4.85. The number of anilines is 1. The average Bonchev–Trinajstić information content (AvgIpc) is 3.29. The number of rotatable bonds is 7. The molecule has 7 heteroatoms. The summed E-state index contributed by atoms with van der Waals surface area (Å²) in [7, 11) is 0. The van der Waals surface area contributed by atoms with Crippen molar-refractivity contribution in [3.63, 3.8) is 0 Å². The van der Waals surface area contributed by atoms with Crippen LogP contribution in [0.15, 0.2) is 41.8 Å². The van der Waals surface area contributed by atoms with E-state index in [9.17, 15) is 9.59 Å². The van der Waals surface area contributed by atoms with Gasteiger partial charge in [-0.2, -0.15) is 0 Å². The normalized spacial score (nSPS) is 17.3. The molecular formula is C23H29N3O3S. The lowest BCUT2D eigenvalue weighted by Crippen LogP contribution is -2.39. The van der Waals surface area contributed by atoms with Crippen molar-refractivity contribution in [1.29, 1.82) is 0 Å². The van der Waals surface area contributed by atoms with Crippen LogP contribution in [0.5, 0.6) is 5.75 Å². The molecule has 4 rings (SSSR count). The maximum absolute atomic E-state index is 12.6. The van der Waals surface area contributed by atoms with Gasteiger partial charge in [-0.3, -0.25) is 14.5 Å². The number of nitrogens with zero attached hydrogens (tertiary/aromatic N) is 2. The highest BCUT2D eigenvalue weighted by Gasteiger charge is 2.24. The quantitative estimate of drug-likeness (QED) is 0.737. The van der Waals surface area contributed by atoms with E-state index >= 15 is 0 Å². The molecule has 0 atom stereocenters. The van der Waals surface area contributed by atoms with Gasteiger partial charge in [-0.25, -0.2) is 0 Å². The van der Waals surface area contributed by atoms with E-state index in [1.165, 1.54) is 4.88 Å². The molecule has 3 heterocycles. The Morgan fingerprint density at radius 1 is 1.07 bits per heavy atom. The first-order chi connectivity index (χ1) is 14.7. The number of thiophene rings is 1.